The number of hydrogen-bond donors (Lipinski definition) is 0. The molecular weight excluding hydrogens is 120 g/mol. The van der Waals surface area contributed by atoms with Crippen LogP contribution in [0.25, 0.3) is 0 Å². The van der Waals surface area contributed by atoms with E-state index in [9.17, 15) is 0 Å². The van der Waals surface area contributed by atoms with Gasteiger partial charge in [-0.05, 0) is 24.7 Å². The van der Waals surface area contributed by atoms with Crippen molar-refractivity contribution in [3.8, 4) is 0 Å². The molecule has 0 aliphatic rings. The summed E-state index contributed by atoms with van der Waals surface area (Å²) in [6, 6.07) is 0. The van der Waals surface area contributed by atoms with Crippen LogP contribution in [0, 0.1) is 11.8 Å². The van der Waals surface area contributed by atoms with Crippen molar-refractivity contribution in [2.24, 2.45) is 5.41 Å². The third-order valence-electron chi connectivity index (χ3n) is 2.40. The highest BCUT2D eigenvalue weighted by Gasteiger charge is 2.18. The fourth-order valence-electron chi connectivity index (χ4n) is 1.52. The lowest BCUT2D eigenvalue weighted by molar-refractivity contribution is 0.277. The van der Waals surface area contributed by atoms with Gasteiger partial charge < -0.3 is 0 Å². The van der Waals surface area contributed by atoms with E-state index in [1.54, 1.807) is 0 Å². The summed E-state index contributed by atoms with van der Waals surface area (Å²) in [7, 11) is 0. The minimum absolute atomic E-state index is 0.587. The minimum atomic E-state index is 0.587. The molecule has 0 aliphatic heterocycles. The summed E-state index contributed by atoms with van der Waals surface area (Å²) < 4.78 is 0. The summed E-state index contributed by atoms with van der Waals surface area (Å²) in [6.45, 7) is 9.10. The highest BCUT2D eigenvalue weighted by atomic mass is 14.2. The van der Waals surface area contributed by atoms with Crippen LogP contribution in [-0.4, -0.2) is 0 Å². The topological polar surface area (TPSA) is 0 Å². The van der Waals surface area contributed by atoms with Crippen LogP contribution in [0.1, 0.15) is 53.4 Å². The van der Waals surface area contributed by atoms with Crippen LogP contribution in [0.2, 0.25) is 0 Å². The van der Waals surface area contributed by atoms with E-state index in [0.717, 1.165) is 0 Å². The molecule has 0 aliphatic carbocycles. The lowest BCUT2D eigenvalue weighted by Gasteiger charge is -2.26. The smallest absolute Gasteiger partial charge is 0.0326 e. The van der Waals surface area contributed by atoms with Crippen molar-refractivity contribution in [2.45, 2.75) is 53.4 Å². The zero-order valence-electron chi connectivity index (χ0n) is 7.91. The molecule has 0 heterocycles. The summed E-state index contributed by atoms with van der Waals surface area (Å²) >= 11 is 0. The monoisotopic (exact) mass is 141 g/mol. The highest BCUT2D eigenvalue weighted by Crippen LogP contribution is 2.31. The molecule has 0 fully saturated rings. The molecular formula is C10H21. The maximum absolute atomic E-state index is 2.39. The van der Waals surface area contributed by atoms with Gasteiger partial charge in [-0.25, -0.2) is 0 Å². The van der Waals surface area contributed by atoms with Gasteiger partial charge in [0.05, 0.1) is 0 Å². The molecule has 0 heteroatoms. The van der Waals surface area contributed by atoms with Crippen molar-refractivity contribution in [1.29, 1.82) is 0 Å². The van der Waals surface area contributed by atoms with E-state index < -0.39 is 0 Å². The first-order valence-electron chi connectivity index (χ1n) is 4.46. The zero-order chi connectivity index (χ0) is 8.04. The molecule has 1 atom stereocenters. The fourth-order valence-corrected chi connectivity index (χ4v) is 1.52. The summed E-state index contributed by atoms with van der Waals surface area (Å²) in [6.07, 6.45) is 7.56. The zero-order valence-corrected chi connectivity index (χ0v) is 7.91. The van der Waals surface area contributed by atoms with Crippen LogP contribution < -0.4 is 0 Å². The Hall–Kier alpha value is 0. The van der Waals surface area contributed by atoms with E-state index in [1.165, 1.54) is 25.7 Å². The molecule has 0 saturated carbocycles. The minimum Gasteiger partial charge on any atom is -0.0654 e. The van der Waals surface area contributed by atoms with Gasteiger partial charge in [0.15, 0.2) is 0 Å². The second kappa shape index (κ2) is 4.76. The molecule has 0 spiro atoms. The number of hydrogen-bond acceptors (Lipinski definition) is 0. The lowest BCUT2D eigenvalue weighted by atomic mass is 9.79. The molecule has 0 rings (SSSR count). The third kappa shape index (κ3) is 3.24. The van der Waals surface area contributed by atoms with Crippen molar-refractivity contribution in [3.63, 3.8) is 0 Å². The van der Waals surface area contributed by atoms with E-state index in [1.807, 2.05) is 0 Å². The van der Waals surface area contributed by atoms with Gasteiger partial charge in [-0.15, -0.1) is 0 Å². The molecule has 0 saturated heterocycles. The Kier molecular flexibility index (Phi) is 4.76. The first-order chi connectivity index (χ1) is 4.68. The van der Waals surface area contributed by atoms with Gasteiger partial charge in [0, 0.05) is 0 Å². The highest BCUT2D eigenvalue weighted by molar-refractivity contribution is 4.77. The van der Waals surface area contributed by atoms with Crippen LogP contribution >= 0.6 is 0 Å². The van der Waals surface area contributed by atoms with Gasteiger partial charge in [0.25, 0.3) is 0 Å². The fraction of sp³-hybridized carbons (Fsp3) is 0.900. The Morgan fingerprint density at radius 1 is 1.30 bits per heavy atom. The molecule has 1 radical (unpaired) electrons. The summed E-state index contributed by atoms with van der Waals surface area (Å²) in [5.41, 5.74) is 0.587. The van der Waals surface area contributed by atoms with Crippen LogP contribution in [0.5, 0.6) is 0 Å². The standard InChI is InChI=1S/C10H21/c1-5-8-10(4,7-3)9-6-2/h5H,6-9H2,1-4H3. The predicted octanol–water partition coefficient (Wildman–Crippen LogP) is 3.82. The molecule has 0 bridgehead atoms. The van der Waals surface area contributed by atoms with Gasteiger partial charge in [0.1, 0.15) is 0 Å². The van der Waals surface area contributed by atoms with Crippen molar-refractivity contribution in [2.75, 3.05) is 0 Å². The van der Waals surface area contributed by atoms with Crippen LogP contribution in [0.3, 0.4) is 0 Å². The molecule has 0 N–H and O–H groups in total. The van der Waals surface area contributed by atoms with Crippen molar-refractivity contribution in [1.82, 2.24) is 0 Å². The molecule has 0 aromatic heterocycles. The SMILES string of the molecule is C[CH]CC(C)(CC)CCC. The maximum atomic E-state index is 2.39. The molecule has 0 amide bonds. The Labute approximate surface area is 66.0 Å². The van der Waals surface area contributed by atoms with E-state index in [4.69, 9.17) is 0 Å². The first-order valence-corrected chi connectivity index (χ1v) is 4.46. The van der Waals surface area contributed by atoms with Gasteiger partial charge in [-0.3, -0.25) is 0 Å². The normalized spacial score (nSPS) is 12.0. The van der Waals surface area contributed by atoms with E-state index in [-0.39, 0.29) is 0 Å². The van der Waals surface area contributed by atoms with Crippen LogP contribution in [-0.2, 0) is 0 Å². The number of rotatable bonds is 5. The molecule has 0 aromatic carbocycles. The van der Waals surface area contributed by atoms with Crippen molar-refractivity contribution >= 4 is 0 Å². The van der Waals surface area contributed by atoms with Gasteiger partial charge in [-0.2, -0.15) is 0 Å². The summed E-state index contributed by atoms with van der Waals surface area (Å²) in [5.74, 6) is 0. The first kappa shape index (κ1) is 10.0. The van der Waals surface area contributed by atoms with Crippen LogP contribution in [0.4, 0.5) is 0 Å². The summed E-state index contributed by atoms with van der Waals surface area (Å²) in [5, 5.41) is 0. The Morgan fingerprint density at radius 3 is 2.20 bits per heavy atom. The average Bonchev–Trinajstić information content (AvgIpc) is 1.89. The Bertz CT molecular complexity index is 68.1. The van der Waals surface area contributed by atoms with Gasteiger partial charge >= 0.3 is 0 Å². The van der Waals surface area contributed by atoms with E-state index in [0.29, 0.717) is 5.41 Å². The molecule has 10 heavy (non-hydrogen) atoms. The predicted molar refractivity (Wildman–Crippen MR) is 47.9 cm³/mol. The summed E-state index contributed by atoms with van der Waals surface area (Å²) in [4.78, 5) is 0. The second-order valence-electron chi connectivity index (χ2n) is 3.53. The van der Waals surface area contributed by atoms with Gasteiger partial charge in [-0.1, -0.05) is 40.5 Å². The van der Waals surface area contributed by atoms with Crippen molar-refractivity contribution in [3.05, 3.63) is 6.42 Å². The quantitative estimate of drug-likeness (QED) is 0.546. The maximum Gasteiger partial charge on any atom is -0.0326 e. The largest absolute Gasteiger partial charge is 0.0654 e. The van der Waals surface area contributed by atoms with Gasteiger partial charge in [0.2, 0.25) is 0 Å². The van der Waals surface area contributed by atoms with Crippen molar-refractivity contribution < 1.29 is 0 Å². The second-order valence-corrected chi connectivity index (χ2v) is 3.53. The molecule has 61 valence electrons. The molecule has 0 aromatic rings. The van der Waals surface area contributed by atoms with E-state index >= 15 is 0 Å². The Morgan fingerprint density at radius 2 is 1.90 bits per heavy atom. The lowest BCUT2D eigenvalue weighted by Crippen LogP contribution is -2.14. The molecule has 1 unspecified atom stereocenters. The average molecular weight is 141 g/mol. The van der Waals surface area contributed by atoms with E-state index in [2.05, 4.69) is 34.1 Å². The third-order valence-corrected chi connectivity index (χ3v) is 2.40. The van der Waals surface area contributed by atoms with Crippen LogP contribution in [0.15, 0.2) is 0 Å². The Balaban J connectivity index is 3.69. The molecule has 0 nitrogen and oxygen atoms in total.